The lowest BCUT2D eigenvalue weighted by molar-refractivity contribution is -0.145. The third kappa shape index (κ3) is 5.81. The fraction of sp³-hybridized carbons (Fsp3) is 0.529. The minimum Gasteiger partial charge on any atom is -0.493 e. The summed E-state index contributed by atoms with van der Waals surface area (Å²) in [5.41, 5.74) is 0.772. The first-order valence-electron chi connectivity index (χ1n) is 7.49. The number of methoxy groups -OCH3 is 3. The highest BCUT2D eigenvalue weighted by Gasteiger charge is 2.22. The van der Waals surface area contributed by atoms with Gasteiger partial charge in [-0.1, -0.05) is 19.9 Å². The van der Waals surface area contributed by atoms with Gasteiger partial charge in [-0.05, 0) is 30.0 Å². The molecule has 1 aromatic carbocycles. The molecule has 0 radical (unpaired) electrons. The van der Waals surface area contributed by atoms with E-state index in [2.05, 4.69) is 5.32 Å². The Balaban J connectivity index is 2.76. The fourth-order valence-electron chi connectivity index (χ4n) is 2.25. The molecule has 1 rings (SSSR count). The summed E-state index contributed by atoms with van der Waals surface area (Å²) in [4.78, 5) is 23.9. The van der Waals surface area contributed by atoms with E-state index in [1.54, 1.807) is 25.3 Å². The average molecular weight is 323 g/mol. The first-order valence-corrected chi connectivity index (χ1v) is 7.49. The number of amides is 1. The number of hydrogen-bond donors (Lipinski definition) is 1. The van der Waals surface area contributed by atoms with Crippen LogP contribution in [0.4, 0.5) is 0 Å². The van der Waals surface area contributed by atoms with E-state index in [1.165, 1.54) is 14.2 Å². The number of nitrogens with one attached hydrogen (secondary N) is 1. The molecule has 0 saturated heterocycles. The zero-order chi connectivity index (χ0) is 17.4. The normalized spacial score (nSPS) is 11.7. The van der Waals surface area contributed by atoms with Crippen LogP contribution in [0.15, 0.2) is 18.2 Å². The second-order valence-corrected chi connectivity index (χ2v) is 5.64. The van der Waals surface area contributed by atoms with Gasteiger partial charge in [0.15, 0.2) is 11.5 Å². The summed E-state index contributed by atoms with van der Waals surface area (Å²) in [6.45, 7) is 3.97. The van der Waals surface area contributed by atoms with E-state index < -0.39 is 12.0 Å². The monoisotopic (exact) mass is 323 g/mol. The molecule has 0 aromatic heterocycles. The van der Waals surface area contributed by atoms with E-state index in [9.17, 15) is 9.59 Å². The zero-order valence-corrected chi connectivity index (χ0v) is 14.3. The number of hydrogen-bond acceptors (Lipinski definition) is 5. The fourth-order valence-corrected chi connectivity index (χ4v) is 2.25. The van der Waals surface area contributed by atoms with E-state index in [0.717, 1.165) is 5.56 Å². The van der Waals surface area contributed by atoms with Crippen LogP contribution in [-0.2, 0) is 20.7 Å². The SMILES string of the molecule is COC(=O)C(CC(C)C)NC(=O)Cc1ccc(OC)c(OC)c1. The average Bonchev–Trinajstić information content (AvgIpc) is 2.52. The lowest BCUT2D eigenvalue weighted by Crippen LogP contribution is -2.43. The first kappa shape index (κ1) is 18.8. The van der Waals surface area contributed by atoms with Gasteiger partial charge in [-0.25, -0.2) is 4.79 Å². The van der Waals surface area contributed by atoms with E-state index in [4.69, 9.17) is 14.2 Å². The Morgan fingerprint density at radius 1 is 1.09 bits per heavy atom. The predicted molar refractivity (Wildman–Crippen MR) is 86.7 cm³/mol. The highest BCUT2D eigenvalue weighted by atomic mass is 16.5. The second kappa shape index (κ2) is 9.02. The van der Waals surface area contributed by atoms with Crippen LogP contribution in [0.25, 0.3) is 0 Å². The molecule has 1 aromatic rings. The molecule has 0 heterocycles. The van der Waals surface area contributed by atoms with Crippen molar-refractivity contribution in [3.63, 3.8) is 0 Å². The summed E-state index contributed by atoms with van der Waals surface area (Å²) in [5.74, 6) is 0.751. The lowest BCUT2D eigenvalue weighted by Gasteiger charge is -2.18. The molecule has 0 bridgehead atoms. The molecule has 6 heteroatoms. The summed E-state index contributed by atoms with van der Waals surface area (Å²) in [6.07, 6.45) is 0.677. The largest absolute Gasteiger partial charge is 0.493 e. The number of esters is 1. The second-order valence-electron chi connectivity index (χ2n) is 5.64. The van der Waals surface area contributed by atoms with Crippen molar-refractivity contribution in [3.8, 4) is 11.5 Å². The van der Waals surface area contributed by atoms with Crippen molar-refractivity contribution in [2.45, 2.75) is 32.7 Å². The van der Waals surface area contributed by atoms with Gasteiger partial charge in [0.05, 0.1) is 27.8 Å². The Labute approximate surface area is 137 Å². The molecule has 0 aliphatic carbocycles. The zero-order valence-electron chi connectivity index (χ0n) is 14.3. The first-order chi connectivity index (χ1) is 10.9. The summed E-state index contributed by atoms with van der Waals surface area (Å²) in [7, 11) is 4.41. The van der Waals surface area contributed by atoms with Gasteiger partial charge in [-0.3, -0.25) is 4.79 Å². The molecule has 128 valence electrons. The molecule has 23 heavy (non-hydrogen) atoms. The van der Waals surface area contributed by atoms with E-state index in [0.29, 0.717) is 17.9 Å². The van der Waals surface area contributed by atoms with Crippen molar-refractivity contribution in [3.05, 3.63) is 23.8 Å². The van der Waals surface area contributed by atoms with Crippen LogP contribution in [-0.4, -0.2) is 39.2 Å². The summed E-state index contributed by atoms with van der Waals surface area (Å²) >= 11 is 0. The highest BCUT2D eigenvalue weighted by Crippen LogP contribution is 2.27. The van der Waals surface area contributed by atoms with Crippen LogP contribution in [0.2, 0.25) is 0 Å². The molecule has 0 fully saturated rings. The van der Waals surface area contributed by atoms with Crippen molar-refractivity contribution in [1.82, 2.24) is 5.32 Å². The summed E-state index contributed by atoms with van der Waals surface area (Å²) in [6, 6.07) is 4.64. The van der Waals surface area contributed by atoms with Crippen molar-refractivity contribution >= 4 is 11.9 Å². The highest BCUT2D eigenvalue weighted by molar-refractivity contribution is 5.85. The Kier molecular flexibility index (Phi) is 7.38. The molecule has 6 nitrogen and oxygen atoms in total. The maximum atomic E-state index is 12.2. The van der Waals surface area contributed by atoms with Crippen LogP contribution in [0.3, 0.4) is 0 Å². The van der Waals surface area contributed by atoms with Gasteiger partial charge < -0.3 is 19.5 Å². The molecule has 1 N–H and O–H groups in total. The van der Waals surface area contributed by atoms with Gasteiger partial charge >= 0.3 is 5.97 Å². The summed E-state index contributed by atoms with van der Waals surface area (Å²) in [5, 5.41) is 2.73. The van der Waals surface area contributed by atoms with Crippen molar-refractivity contribution in [2.24, 2.45) is 5.92 Å². The molecule has 0 spiro atoms. The quantitative estimate of drug-likeness (QED) is 0.740. The van der Waals surface area contributed by atoms with Gasteiger partial charge in [0, 0.05) is 0 Å². The van der Waals surface area contributed by atoms with Gasteiger partial charge in [0.2, 0.25) is 5.91 Å². The van der Waals surface area contributed by atoms with Crippen molar-refractivity contribution < 1.29 is 23.8 Å². The third-order valence-electron chi connectivity index (χ3n) is 3.34. The lowest BCUT2D eigenvalue weighted by atomic mass is 10.0. The van der Waals surface area contributed by atoms with E-state index in [1.807, 2.05) is 13.8 Å². The van der Waals surface area contributed by atoms with Crippen LogP contribution in [0, 0.1) is 5.92 Å². The van der Waals surface area contributed by atoms with Crippen molar-refractivity contribution in [1.29, 1.82) is 0 Å². The van der Waals surface area contributed by atoms with Crippen LogP contribution >= 0.6 is 0 Å². The van der Waals surface area contributed by atoms with Crippen LogP contribution in [0.5, 0.6) is 11.5 Å². The van der Waals surface area contributed by atoms with Gasteiger partial charge in [-0.15, -0.1) is 0 Å². The van der Waals surface area contributed by atoms with Gasteiger partial charge in [0.1, 0.15) is 6.04 Å². The van der Waals surface area contributed by atoms with Gasteiger partial charge in [-0.2, -0.15) is 0 Å². The number of carbonyl (C=O) groups excluding carboxylic acids is 2. The van der Waals surface area contributed by atoms with Crippen LogP contribution in [0.1, 0.15) is 25.8 Å². The molecular formula is C17H25NO5. The maximum absolute atomic E-state index is 12.2. The van der Waals surface area contributed by atoms with Crippen molar-refractivity contribution in [2.75, 3.05) is 21.3 Å². The number of ether oxygens (including phenoxy) is 3. The number of benzene rings is 1. The standard InChI is InChI=1S/C17H25NO5/c1-11(2)8-13(17(20)23-5)18-16(19)10-12-6-7-14(21-3)15(9-12)22-4/h6-7,9,11,13H,8,10H2,1-5H3,(H,18,19). The van der Waals surface area contributed by atoms with E-state index >= 15 is 0 Å². The molecule has 0 aliphatic rings. The molecule has 0 aliphatic heterocycles. The topological polar surface area (TPSA) is 73.9 Å². The molecule has 1 amide bonds. The summed E-state index contributed by atoms with van der Waals surface area (Å²) < 4.78 is 15.1. The molecule has 1 unspecified atom stereocenters. The Morgan fingerprint density at radius 2 is 1.74 bits per heavy atom. The minimum absolute atomic E-state index is 0.145. The number of rotatable bonds is 8. The number of carbonyl (C=O) groups is 2. The maximum Gasteiger partial charge on any atom is 0.328 e. The third-order valence-corrected chi connectivity index (χ3v) is 3.34. The Hall–Kier alpha value is -2.24. The molecule has 0 saturated carbocycles. The molecular weight excluding hydrogens is 298 g/mol. The Morgan fingerprint density at radius 3 is 2.26 bits per heavy atom. The minimum atomic E-state index is -0.632. The smallest absolute Gasteiger partial charge is 0.328 e. The Bertz CT molecular complexity index is 542. The predicted octanol–water partition coefficient (Wildman–Crippen LogP) is 1.95. The van der Waals surface area contributed by atoms with Gasteiger partial charge in [0.25, 0.3) is 0 Å². The molecule has 1 atom stereocenters. The van der Waals surface area contributed by atoms with Crippen LogP contribution < -0.4 is 14.8 Å². The van der Waals surface area contributed by atoms with E-state index in [-0.39, 0.29) is 18.2 Å².